The van der Waals surface area contributed by atoms with E-state index < -0.39 is 0 Å². The lowest BCUT2D eigenvalue weighted by Crippen LogP contribution is -2.21. The van der Waals surface area contributed by atoms with Crippen LogP contribution in [-0.2, 0) is 16.1 Å². The molecule has 1 N–H and O–H groups in total. The highest BCUT2D eigenvalue weighted by molar-refractivity contribution is 7.99. The van der Waals surface area contributed by atoms with Crippen LogP contribution in [-0.4, -0.2) is 23.5 Å². The molecule has 1 atom stereocenters. The first-order valence-corrected chi connectivity index (χ1v) is 8.52. The van der Waals surface area contributed by atoms with Gasteiger partial charge >= 0.3 is 0 Å². The molecular weight excluding hydrogens is 270 g/mol. The lowest BCUT2D eigenvalue weighted by molar-refractivity contribution is -0.115. The Kier molecular flexibility index (Phi) is 5.92. The molecule has 0 aliphatic heterocycles. The second-order valence-electron chi connectivity index (χ2n) is 5.28. The van der Waals surface area contributed by atoms with Gasteiger partial charge in [-0.25, -0.2) is 0 Å². The van der Waals surface area contributed by atoms with Gasteiger partial charge in [-0.05, 0) is 43.7 Å². The molecule has 1 unspecified atom stereocenters. The summed E-state index contributed by atoms with van der Waals surface area (Å²) in [6, 6.07) is 7.93. The van der Waals surface area contributed by atoms with Gasteiger partial charge in [0, 0.05) is 5.69 Å². The van der Waals surface area contributed by atoms with Crippen LogP contribution in [0.25, 0.3) is 0 Å². The van der Waals surface area contributed by atoms with Gasteiger partial charge < -0.3 is 10.1 Å². The highest BCUT2D eigenvalue weighted by atomic mass is 32.2. The number of hydrogen-bond acceptors (Lipinski definition) is 3. The van der Waals surface area contributed by atoms with Crippen molar-refractivity contribution >= 4 is 23.4 Å². The average molecular weight is 293 g/mol. The van der Waals surface area contributed by atoms with E-state index >= 15 is 0 Å². The van der Waals surface area contributed by atoms with Crippen molar-refractivity contribution < 1.29 is 9.53 Å². The summed E-state index contributed by atoms with van der Waals surface area (Å²) in [4.78, 5) is 11.8. The zero-order valence-corrected chi connectivity index (χ0v) is 13.0. The summed E-state index contributed by atoms with van der Waals surface area (Å²) in [5.74, 6) is 0.0486. The predicted molar refractivity (Wildman–Crippen MR) is 85.1 cm³/mol. The van der Waals surface area contributed by atoms with Crippen molar-refractivity contribution in [1.82, 2.24) is 0 Å². The lowest BCUT2D eigenvalue weighted by atomic mass is 10.2. The van der Waals surface area contributed by atoms with Crippen LogP contribution in [0.1, 0.15) is 38.2 Å². The summed E-state index contributed by atoms with van der Waals surface area (Å²) in [6.07, 6.45) is 7.36. The van der Waals surface area contributed by atoms with Crippen LogP contribution in [0.4, 0.5) is 5.69 Å². The molecule has 1 aromatic carbocycles. The van der Waals surface area contributed by atoms with E-state index in [0.717, 1.165) is 11.3 Å². The average Bonchev–Trinajstić information content (AvgIpc) is 2.99. The maximum Gasteiger partial charge on any atom is 0.237 e. The summed E-state index contributed by atoms with van der Waals surface area (Å²) in [5, 5.41) is 2.89. The predicted octanol–water partition coefficient (Wildman–Crippen LogP) is 3.84. The number of hydrogen-bond donors (Lipinski definition) is 1. The van der Waals surface area contributed by atoms with E-state index in [1.807, 2.05) is 37.4 Å². The molecule has 1 aliphatic carbocycles. The standard InChI is InChI=1S/C16H23NO2S/c1-12(20-2)16(18)17-14-9-7-13(8-10-14)11-19-15-5-3-4-6-15/h7-10,12,15H,3-6,11H2,1-2H3,(H,17,18). The molecule has 2 rings (SSSR count). The van der Waals surface area contributed by atoms with Crippen molar-refractivity contribution in [3.05, 3.63) is 29.8 Å². The number of nitrogens with one attached hydrogen (secondary N) is 1. The summed E-state index contributed by atoms with van der Waals surface area (Å²) in [6.45, 7) is 2.57. The number of ether oxygens (including phenoxy) is 1. The van der Waals surface area contributed by atoms with E-state index in [1.165, 1.54) is 25.7 Å². The van der Waals surface area contributed by atoms with Crippen molar-refractivity contribution in [2.45, 2.75) is 50.6 Å². The van der Waals surface area contributed by atoms with E-state index in [2.05, 4.69) is 5.32 Å². The highest BCUT2D eigenvalue weighted by Gasteiger charge is 2.15. The number of benzene rings is 1. The second-order valence-corrected chi connectivity index (χ2v) is 6.46. The fraction of sp³-hybridized carbons (Fsp3) is 0.562. The van der Waals surface area contributed by atoms with Crippen LogP contribution in [0, 0.1) is 0 Å². The Morgan fingerprint density at radius 2 is 2.00 bits per heavy atom. The molecule has 3 nitrogen and oxygen atoms in total. The second kappa shape index (κ2) is 7.70. The lowest BCUT2D eigenvalue weighted by Gasteiger charge is -2.12. The Bertz CT molecular complexity index is 427. The Hall–Kier alpha value is -1.00. The monoisotopic (exact) mass is 293 g/mol. The first kappa shape index (κ1) is 15.4. The molecule has 1 fully saturated rings. The third-order valence-electron chi connectivity index (χ3n) is 3.73. The van der Waals surface area contributed by atoms with Crippen LogP contribution in [0.2, 0.25) is 0 Å². The van der Waals surface area contributed by atoms with Crippen molar-refractivity contribution in [3.63, 3.8) is 0 Å². The van der Waals surface area contributed by atoms with E-state index in [-0.39, 0.29) is 11.2 Å². The molecule has 1 amide bonds. The van der Waals surface area contributed by atoms with Gasteiger partial charge in [-0.2, -0.15) is 11.8 Å². The van der Waals surface area contributed by atoms with E-state index in [9.17, 15) is 4.79 Å². The maximum absolute atomic E-state index is 11.8. The van der Waals surface area contributed by atoms with Gasteiger partial charge in [0.05, 0.1) is 18.0 Å². The van der Waals surface area contributed by atoms with Crippen LogP contribution >= 0.6 is 11.8 Å². The first-order valence-electron chi connectivity index (χ1n) is 7.23. The summed E-state index contributed by atoms with van der Waals surface area (Å²) >= 11 is 1.55. The normalized spacial score (nSPS) is 17.1. The number of anilines is 1. The van der Waals surface area contributed by atoms with Gasteiger partial charge in [0.15, 0.2) is 0 Å². The topological polar surface area (TPSA) is 38.3 Å². The molecule has 0 radical (unpaired) electrons. The molecule has 110 valence electrons. The summed E-state index contributed by atoms with van der Waals surface area (Å²) < 4.78 is 5.87. The van der Waals surface area contributed by atoms with Gasteiger partial charge in [0.25, 0.3) is 0 Å². The molecule has 0 heterocycles. The van der Waals surface area contributed by atoms with Crippen LogP contribution < -0.4 is 5.32 Å². The van der Waals surface area contributed by atoms with Gasteiger partial charge in [0.1, 0.15) is 0 Å². The van der Waals surface area contributed by atoms with Crippen molar-refractivity contribution in [3.8, 4) is 0 Å². The van der Waals surface area contributed by atoms with Crippen molar-refractivity contribution in [2.75, 3.05) is 11.6 Å². The Morgan fingerprint density at radius 3 is 2.60 bits per heavy atom. The molecule has 1 aromatic rings. The molecule has 0 aromatic heterocycles. The van der Waals surface area contributed by atoms with Crippen molar-refractivity contribution in [2.24, 2.45) is 0 Å². The highest BCUT2D eigenvalue weighted by Crippen LogP contribution is 2.22. The van der Waals surface area contributed by atoms with Gasteiger partial charge in [0.2, 0.25) is 5.91 Å². The largest absolute Gasteiger partial charge is 0.374 e. The van der Waals surface area contributed by atoms with E-state index in [4.69, 9.17) is 4.74 Å². The quantitative estimate of drug-likeness (QED) is 0.866. The Balaban J connectivity index is 1.81. The third kappa shape index (κ3) is 4.53. The number of amides is 1. The molecule has 1 aliphatic rings. The molecule has 0 spiro atoms. The molecule has 20 heavy (non-hydrogen) atoms. The zero-order valence-electron chi connectivity index (χ0n) is 12.2. The van der Waals surface area contributed by atoms with Crippen LogP contribution in [0.5, 0.6) is 0 Å². The van der Waals surface area contributed by atoms with Crippen molar-refractivity contribution in [1.29, 1.82) is 0 Å². The summed E-state index contributed by atoms with van der Waals surface area (Å²) in [7, 11) is 0. The molecule has 0 bridgehead atoms. The Morgan fingerprint density at radius 1 is 1.35 bits per heavy atom. The van der Waals surface area contributed by atoms with Crippen LogP contribution in [0.15, 0.2) is 24.3 Å². The minimum absolute atomic E-state index is 0.0274. The number of thioether (sulfide) groups is 1. The zero-order chi connectivity index (χ0) is 14.4. The van der Waals surface area contributed by atoms with Gasteiger partial charge in [-0.15, -0.1) is 0 Å². The molecular formula is C16H23NO2S. The molecule has 4 heteroatoms. The fourth-order valence-electron chi connectivity index (χ4n) is 2.30. The number of carbonyl (C=O) groups is 1. The number of carbonyl (C=O) groups excluding carboxylic acids is 1. The van der Waals surface area contributed by atoms with E-state index in [0.29, 0.717) is 12.7 Å². The smallest absolute Gasteiger partial charge is 0.237 e. The van der Waals surface area contributed by atoms with E-state index in [1.54, 1.807) is 11.8 Å². The van der Waals surface area contributed by atoms with Crippen LogP contribution in [0.3, 0.4) is 0 Å². The SMILES string of the molecule is CSC(C)C(=O)Nc1ccc(COC2CCCC2)cc1. The van der Waals surface area contributed by atoms with Gasteiger partial charge in [-0.1, -0.05) is 25.0 Å². The Labute approximate surface area is 125 Å². The molecule has 1 saturated carbocycles. The minimum Gasteiger partial charge on any atom is -0.374 e. The number of rotatable bonds is 6. The minimum atomic E-state index is -0.0274. The summed E-state index contributed by atoms with van der Waals surface area (Å²) in [5.41, 5.74) is 2.01. The maximum atomic E-state index is 11.8. The van der Waals surface area contributed by atoms with Gasteiger partial charge in [-0.3, -0.25) is 4.79 Å². The molecule has 0 saturated heterocycles. The fourth-order valence-corrected chi connectivity index (χ4v) is 2.58. The first-order chi connectivity index (χ1) is 9.69. The third-order valence-corrected chi connectivity index (χ3v) is 4.65.